The molecule has 0 aromatic carbocycles. The van der Waals surface area contributed by atoms with Crippen LogP contribution in [-0.4, -0.2) is 38.0 Å². The van der Waals surface area contributed by atoms with Crippen LogP contribution >= 0.6 is 0 Å². The van der Waals surface area contributed by atoms with Gasteiger partial charge in [-0.25, -0.2) is 0 Å². The summed E-state index contributed by atoms with van der Waals surface area (Å²) in [6.45, 7) is 5.49. The van der Waals surface area contributed by atoms with E-state index in [0.29, 0.717) is 6.04 Å². The fourth-order valence-corrected chi connectivity index (χ4v) is 2.76. The van der Waals surface area contributed by atoms with Gasteiger partial charge in [-0.15, -0.1) is 11.8 Å². The Hall–Kier alpha value is -0.560. The van der Waals surface area contributed by atoms with Crippen molar-refractivity contribution in [2.24, 2.45) is 0 Å². The maximum Gasteiger partial charge on any atom is 0.0741 e. The molecule has 0 saturated carbocycles. The summed E-state index contributed by atoms with van der Waals surface area (Å²) >= 11 is 0. The van der Waals surface area contributed by atoms with Crippen molar-refractivity contribution >= 4 is 0 Å². The van der Waals surface area contributed by atoms with Crippen LogP contribution in [0.3, 0.4) is 0 Å². The molecule has 2 saturated heterocycles. The molecule has 1 N–H and O–H groups in total. The van der Waals surface area contributed by atoms with Gasteiger partial charge in [-0.05, 0) is 32.6 Å². The highest BCUT2D eigenvalue weighted by molar-refractivity contribution is 4.96. The fourth-order valence-electron chi connectivity index (χ4n) is 2.76. The quantitative estimate of drug-likeness (QED) is 0.599. The Labute approximate surface area is 104 Å². The van der Waals surface area contributed by atoms with Gasteiger partial charge in [-0.3, -0.25) is 0 Å². The van der Waals surface area contributed by atoms with E-state index in [1.54, 1.807) is 0 Å². The number of hydrogen-bond donors (Lipinski definition) is 1. The van der Waals surface area contributed by atoms with Crippen LogP contribution in [0.25, 0.3) is 0 Å². The highest BCUT2D eigenvalue weighted by Gasteiger charge is 2.38. The van der Waals surface area contributed by atoms with Crippen molar-refractivity contribution < 1.29 is 9.47 Å². The summed E-state index contributed by atoms with van der Waals surface area (Å²) in [7, 11) is 0. The van der Waals surface area contributed by atoms with Crippen molar-refractivity contribution in [3.05, 3.63) is 0 Å². The van der Waals surface area contributed by atoms with Gasteiger partial charge in [0.2, 0.25) is 0 Å². The lowest BCUT2D eigenvalue weighted by Gasteiger charge is -2.43. The van der Waals surface area contributed by atoms with E-state index in [2.05, 4.69) is 17.2 Å². The van der Waals surface area contributed by atoms with Gasteiger partial charge in [-0.2, -0.15) is 0 Å². The van der Waals surface area contributed by atoms with Crippen LogP contribution in [0.5, 0.6) is 0 Å². The summed E-state index contributed by atoms with van der Waals surface area (Å²) in [6.07, 6.45) is 5.32. The second-order valence-corrected chi connectivity index (χ2v) is 4.96. The lowest BCUT2D eigenvalue weighted by atomic mass is 9.84. The molecular formula is C14H23NO2. The molecule has 0 aromatic rings. The first-order valence-electron chi connectivity index (χ1n) is 6.69. The maximum atomic E-state index is 6.02. The molecule has 1 unspecified atom stereocenters. The Morgan fingerprint density at radius 1 is 1.29 bits per heavy atom. The van der Waals surface area contributed by atoms with Gasteiger partial charge in [-0.1, -0.05) is 0 Å². The lowest BCUT2D eigenvalue weighted by Crippen LogP contribution is -2.49. The first-order valence-corrected chi connectivity index (χ1v) is 6.69. The smallest absolute Gasteiger partial charge is 0.0741 e. The zero-order valence-corrected chi connectivity index (χ0v) is 10.8. The van der Waals surface area contributed by atoms with Gasteiger partial charge in [0.05, 0.1) is 5.60 Å². The molecule has 0 radical (unpaired) electrons. The predicted octanol–water partition coefficient (Wildman–Crippen LogP) is 1.72. The summed E-state index contributed by atoms with van der Waals surface area (Å²) in [6, 6.07) is 0.598. The Kier molecular flexibility index (Phi) is 4.85. The minimum absolute atomic E-state index is 0.102. The molecule has 0 aliphatic carbocycles. The molecule has 3 heteroatoms. The predicted molar refractivity (Wildman–Crippen MR) is 67.8 cm³/mol. The normalized spacial score (nSPS) is 27.5. The highest BCUT2D eigenvalue weighted by Crippen LogP contribution is 2.34. The first kappa shape index (κ1) is 12.9. The molecule has 17 heavy (non-hydrogen) atoms. The van der Waals surface area contributed by atoms with Crippen LogP contribution in [0.2, 0.25) is 0 Å². The molecule has 2 aliphatic heterocycles. The summed E-state index contributed by atoms with van der Waals surface area (Å²) < 4.78 is 11.4. The molecule has 1 atom stereocenters. The van der Waals surface area contributed by atoms with Crippen LogP contribution in [0, 0.1) is 11.8 Å². The Balaban J connectivity index is 1.77. The van der Waals surface area contributed by atoms with Gasteiger partial charge in [0.1, 0.15) is 0 Å². The zero-order valence-electron chi connectivity index (χ0n) is 10.8. The van der Waals surface area contributed by atoms with Crippen LogP contribution in [0.1, 0.15) is 39.0 Å². The van der Waals surface area contributed by atoms with Crippen LogP contribution in [-0.2, 0) is 9.47 Å². The average molecular weight is 237 g/mol. The molecular weight excluding hydrogens is 214 g/mol. The zero-order chi connectivity index (χ0) is 12.0. The van der Waals surface area contributed by atoms with E-state index in [1.165, 1.54) is 0 Å². The molecule has 2 fully saturated rings. The van der Waals surface area contributed by atoms with E-state index in [4.69, 9.17) is 9.47 Å². The second kappa shape index (κ2) is 6.39. The molecule has 2 aliphatic rings. The van der Waals surface area contributed by atoms with Crippen LogP contribution < -0.4 is 5.32 Å². The lowest BCUT2D eigenvalue weighted by molar-refractivity contribution is -0.140. The molecule has 2 heterocycles. The molecule has 1 spiro atoms. The van der Waals surface area contributed by atoms with E-state index < -0.39 is 0 Å². The Morgan fingerprint density at radius 3 is 2.88 bits per heavy atom. The number of nitrogens with one attached hydrogen (secondary N) is 1. The van der Waals surface area contributed by atoms with Crippen LogP contribution in [0.15, 0.2) is 0 Å². The fraction of sp³-hybridized carbons (Fsp3) is 0.857. The summed E-state index contributed by atoms with van der Waals surface area (Å²) in [4.78, 5) is 0. The van der Waals surface area contributed by atoms with E-state index in [0.717, 1.165) is 58.5 Å². The van der Waals surface area contributed by atoms with Crippen molar-refractivity contribution in [1.82, 2.24) is 5.32 Å². The standard InChI is InChI=1S/C14H23NO2/c1-2-3-4-8-15-13-5-9-17-14(12-13)6-10-16-11-7-14/h13,15H,4-12H2,1H3. The van der Waals surface area contributed by atoms with Gasteiger partial charge in [0, 0.05) is 38.8 Å². The monoisotopic (exact) mass is 237 g/mol. The van der Waals surface area contributed by atoms with Crippen molar-refractivity contribution in [1.29, 1.82) is 0 Å². The molecule has 96 valence electrons. The topological polar surface area (TPSA) is 30.5 Å². The Bertz CT molecular complexity index is 281. The second-order valence-electron chi connectivity index (χ2n) is 4.96. The number of rotatable bonds is 3. The van der Waals surface area contributed by atoms with Crippen molar-refractivity contribution in [2.45, 2.75) is 50.7 Å². The van der Waals surface area contributed by atoms with E-state index in [9.17, 15) is 0 Å². The van der Waals surface area contributed by atoms with E-state index in [-0.39, 0.29) is 5.60 Å². The maximum absolute atomic E-state index is 6.02. The van der Waals surface area contributed by atoms with Crippen molar-refractivity contribution in [3.63, 3.8) is 0 Å². The van der Waals surface area contributed by atoms with Gasteiger partial charge >= 0.3 is 0 Å². The molecule has 3 nitrogen and oxygen atoms in total. The van der Waals surface area contributed by atoms with Crippen molar-refractivity contribution in [2.75, 3.05) is 26.4 Å². The average Bonchev–Trinajstić information content (AvgIpc) is 2.36. The SMILES string of the molecule is CC#CCCNC1CCOC2(CCOCC2)C1. The number of hydrogen-bond acceptors (Lipinski definition) is 3. The summed E-state index contributed by atoms with van der Waals surface area (Å²) in [5, 5.41) is 3.60. The van der Waals surface area contributed by atoms with Gasteiger partial charge in [0.15, 0.2) is 0 Å². The third kappa shape index (κ3) is 3.70. The molecule has 0 amide bonds. The van der Waals surface area contributed by atoms with Crippen LogP contribution in [0.4, 0.5) is 0 Å². The third-order valence-corrected chi connectivity index (χ3v) is 3.76. The van der Waals surface area contributed by atoms with E-state index >= 15 is 0 Å². The minimum Gasteiger partial charge on any atom is -0.381 e. The Morgan fingerprint density at radius 2 is 2.12 bits per heavy atom. The van der Waals surface area contributed by atoms with E-state index in [1.807, 2.05) is 6.92 Å². The minimum atomic E-state index is 0.102. The van der Waals surface area contributed by atoms with Gasteiger partial charge in [0.25, 0.3) is 0 Å². The highest BCUT2D eigenvalue weighted by atomic mass is 16.5. The van der Waals surface area contributed by atoms with Crippen molar-refractivity contribution in [3.8, 4) is 11.8 Å². The largest absolute Gasteiger partial charge is 0.381 e. The molecule has 0 bridgehead atoms. The molecule has 2 rings (SSSR count). The summed E-state index contributed by atoms with van der Waals surface area (Å²) in [5.74, 6) is 6.03. The first-order chi connectivity index (χ1) is 8.35. The summed E-state index contributed by atoms with van der Waals surface area (Å²) in [5.41, 5.74) is 0.102. The third-order valence-electron chi connectivity index (χ3n) is 3.76. The number of ether oxygens (including phenoxy) is 2. The van der Waals surface area contributed by atoms with Gasteiger partial charge < -0.3 is 14.8 Å². The molecule has 0 aromatic heterocycles.